The molecule has 8 rings (SSSR count). The van der Waals surface area contributed by atoms with Gasteiger partial charge < -0.3 is 26.1 Å². The lowest BCUT2D eigenvalue weighted by Crippen LogP contribution is -2.33. The highest BCUT2D eigenvalue weighted by molar-refractivity contribution is 8.06. The number of nitrogens with one attached hydrogen (secondary N) is 3. The summed E-state index contributed by atoms with van der Waals surface area (Å²) in [6, 6.07) is 36.5. The van der Waals surface area contributed by atoms with E-state index in [4.69, 9.17) is 5.73 Å². The summed E-state index contributed by atoms with van der Waals surface area (Å²) >= 11 is 1.67. The molecule has 0 saturated carbocycles. The number of para-hydroxylation sites is 2. The van der Waals surface area contributed by atoms with Crippen LogP contribution >= 0.6 is 11.9 Å². The Morgan fingerprint density at radius 3 is 2.24 bits per heavy atom. The van der Waals surface area contributed by atoms with Crippen molar-refractivity contribution in [1.82, 2.24) is 23.6 Å². The Kier molecular flexibility index (Phi) is 12.4. The standard InChI is InChI=1S/C22H20F2N4OS.C20H20N4O3S/c23-22(24)29-18-9-7-17(8-10-18)27-19-14-28(13-15-6-11-20(25)26-12-15)30-21(19)16-4-2-1-3-5-16;1-2-3-13-24-19(25)17(18(28(24,26)27)14-9-5-4-6-10-14)23-20-21-15-11-7-8-12-16(15)22-20/h1-12,22,27H,13-14H2,(H2,25,26);4-12H,2-3,13H2,1H3,(H2,21,22,23). The van der Waals surface area contributed by atoms with Crippen LogP contribution in [0.1, 0.15) is 36.5 Å². The van der Waals surface area contributed by atoms with Crippen LogP contribution in [0.3, 0.4) is 0 Å². The number of aromatic amines is 1. The third kappa shape index (κ3) is 9.31. The van der Waals surface area contributed by atoms with Crippen LogP contribution < -0.4 is 21.1 Å². The molecule has 0 spiro atoms. The molecule has 0 unspecified atom stereocenters. The number of hydrogen-bond acceptors (Lipinski definition) is 11. The van der Waals surface area contributed by atoms with Crippen LogP contribution in [0, 0.1) is 0 Å². The third-order valence-corrected chi connectivity index (χ3v) is 12.1. The van der Waals surface area contributed by atoms with Gasteiger partial charge >= 0.3 is 6.61 Å². The van der Waals surface area contributed by atoms with Crippen molar-refractivity contribution in [2.75, 3.05) is 29.5 Å². The van der Waals surface area contributed by atoms with E-state index in [-0.39, 0.29) is 22.9 Å². The summed E-state index contributed by atoms with van der Waals surface area (Å²) in [5.74, 6) is 0.391. The predicted molar refractivity (Wildman–Crippen MR) is 225 cm³/mol. The zero-order chi connectivity index (χ0) is 40.6. The first-order valence-electron chi connectivity index (χ1n) is 18.4. The third-order valence-electron chi connectivity index (χ3n) is 9.05. The first-order valence-corrected chi connectivity index (χ1v) is 20.6. The molecule has 2 aliphatic rings. The molecule has 4 aromatic carbocycles. The monoisotopic (exact) mass is 822 g/mol. The number of carbonyl (C=O) groups is 1. The zero-order valence-electron chi connectivity index (χ0n) is 31.3. The minimum Gasteiger partial charge on any atom is -0.435 e. The van der Waals surface area contributed by atoms with Gasteiger partial charge in [-0.05, 0) is 77.5 Å². The molecular weight excluding hydrogens is 783 g/mol. The number of nitrogens with zero attached hydrogens (tertiary/aromatic N) is 4. The summed E-state index contributed by atoms with van der Waals surface area (Å²) in [6.07, 6.45) is 3.17. The summed E-state index contributed by atoms with van der Waals surface area (Å²) in [7, 11) is -3.94. The fourth-order valence-corrected chi connectivity index (χ4v) is 9.17. The molecule has 0 saturated heterocycles. The number of benzene rings is 4. The number of amides is 1. The molecule has 0 radical (unpaired) electrons. The lowest BCUT2D eigenvalue weighted by molar-refractivity contribution is -0.122. The van der Waals surface area contributed by atoms with Gasteiger partial charge in [-0.25, -0.2) is 27.0 Å². The minimum atomic E-state index is -3.94. The van der Waals surface area contributed by atoms with Crippen molar-refractivity contribution >= 4 is 66.2 Å². The molecule has 0 aliphatic carbocycles. The number of imidazole rings is 1. The van der Waals surface area contributed by atoms with E-state index in [9.17, 15) is 22.0 Å². The van der Waals surface area contributed by atoms with Gasteiger partial charge in [0, 0.05) is 30.7 Å². The zero-order valence-corrected chi connectivity index (χ0v) is 32.9. The van der Waals surface area contributed by atoms with E-state index in [1.54, 1.807) is 66.7 Å². The maximum absolute atomic E-state index is 13.2. The number of nitrogens with two attached hydrogens (primary N) is 1. The van der Waals surface area contributed by atoms with Gasteiger partial charge in [0.05, 0.1) is 22.5 Å². The number of halogens is 2. The average Bonchev–Trinajstić information content (AvgIpc) is 3.87. The van der Waals surface area contributed by atoms with Gasteiger partial charge in [-0.3, -0.25) is 4.79 Å². The van der Waals surface area contributed by atoms with Crippen LogP contribution in [0.4, 0.5) is 26.2 Å². The van der Waals surface area contributed by atoms with Crippen LogP contribution in [-0.4, -0.2) is 57.6 Å². The van der Waals surface area contributed by atoms with E-state index >= 15 is 0 Å². The maximum atomic E-state index is 13.2. The fraction of sp³-hybridized carbons (Fsp3) is 0.167. The largest absolute Gasteiger partial charge is 0.435 e. The van der Waals surface area contributed by atoms with Gasteiger partial charge in [0.15, 0.2) is 0 Å². The highest BCUT2D eigenvalue weighted by Crippen LogP contribution is 2.41. The number of sulfonamides is 1. The number of nitrogen functional groups attached to an aromatic ring is 1. The highest BCUT2D eigenvalue weighted by Gasteiger charge is 2.44. The number of pyridine rings is 1. The number of anilines is 3. The number of unbranched alkanes of at least 4 members (excludes halogenated alkanes) is 1. The second-order valence-electron chi connectivity index (χ2n) is 13.2. The SMILES string of the molecule is CCCCN1C(=O)C(Nc2nc3ccccc3[nH]2)=C(c2ccccc2)S1(=O)=O.Nc1ccc(CN2CC(Nc3ccc(OC(F)F)cc3)=C(c3ccccc3)S2)cn1. The van der Waals surface area contributed by atoms with Gasteiger partial charge in [-0.1, -0.05) is 92.2 Å². The Hall–Kier alpha value is -6.23. The van der Waals surface area contributed by atoms with Crippen molar-refractivity contribution in [1.29, 1.82) is 0 Å². The molecule has 2 aromatic heterocycles. The van der Waals surface area contributed by atoms with Gasteiger partial charge in [0.25, 0.3) is 15.9 Å². The Balaban J connectivity index is 0.000000177. The fourth-order valence-electron chi connectivity index (χ4n) is 6.31. The van der Waals surface area contributed by atoms with Crippen molar-refractivity contribution in [3.8, 4) is 5.75 Å². The maximum Gasteiger partial charge on any atom is 0.387 e. The van der Waals surface area contributed by atoms with Crippen LogP contribution in [0.5, 0.6) is 5.75 Å². The second kappa shape index (κ2) is 17.9. The van der Waals surface area contributed by atoms with Crippen LogP contribution in [-0.2, 0) is 21.4 Å². The smallest absolute Gasteiger partial charge is 0.387 e. The molecule has 0 bridgehead atoms. The molecule has 16 heteroatoms. The van der Waals surface area contributed by atoms with E-state index in [1.807, 2.05) is 55.5 Å². The van der Waals surface area contributed by atoms with E-state index in [1.165, 1.54) is 12.1 Å². The van der Waals surface area contributed by atoms with E-state index < -0.39 is 22.5 Å². The topological polar surface area (TPSA) is 159 Å². The second-order valence-corrected chi connectivity index (χ2v) is 16.1. The highest BCUT2D eigenvalue weighted by atomic mass is 32.2. The molecule has 58 heavy (non-hydrogen) atoms. The molecule has 12 nitrogen and oxygen atoms in total. The van der Waals surface area contributed by atoms with E-state index in [0.717, 1.165) is 49.2 Å². The Morgan fingerprint density at radius 1 is 0.897 bits per heavy atom. The Labute approximate surface area is 339 Å². The number of H-pyrrole nitrogens is 1. The van der Waals surface area contributed by atoms with Gasteiger partial charge in [-0.15, -0.1) is 0 Å². The first-order chi connectivity index (χ1) is 28.1. The predicted octanol–water partition coefficient (Wildman–Crippen LogP) is 8.53. The lowest BCUT2D eigenvalue weighted by atomic mass is 10.1. The molecule has 298 valence electrons. The first kappa shape index (κ1) is 40.0. The van der Waals surface area contributed by atoms with Crippen molar-refractivity contribution in [3.63, 3.8) is 0 Å². The van der Waals surface area contributed by atoms with Crippen LogP contribution in [0.2, 0.25) is 0 Å². The lowest BCUT2D eigenvalue weighted by Gasteiger charge is -2.15. The number of alkyl halides is 2. The summed E-state index contributed by atoms with van der Waals surface area (Å²) in [4.78, 5) is 25.8. The Morgan fingerprint density at radius 2 is 1.59 bits per heavy atom. The van der Waals surface area contributed by atoms with E-state index in [2.05, 4.69) is 46.8 Å². The molecule has 2 aliphatic heterocycles. The molecule has 4 heterocycles. The van der Waals surface area contributed by atoms with Gasteiger partial charge in [0.1, 0.15) is 22.2 Å². The van der Waals surface area contributed by atoms with Gasteiger partial charge in [-0.2, -0.15) is 8.78 Å². The van der Waals surface area contributed by atoms with Crippen molar-refractivity contribution in [2.45, 2.75) is 32.9 Å². The summed E-state index contributed by atoms with van der Waals surface area (Å²) in [6.45, 7) is 0.666. The molecule has 0 atom stereocenters. The van der Waals surface area contributed by atoms with Crippen molar-refractivity contribution in [3.05, 3.63) is 156 Å². The number of hydrogen-bond donors (Lipinski definition) is 4. The number of rotatable bonds is 13. The van der Waals surface area contributed by atoms with Gasteiger partial charge in [0.2, 0.25) is 5.95 Å². The van der Waals surface area contributed by atoms with E-state index in [0.29, 0.717) is 36.8 Å². The number of ether oxygens (including phenoxy) is 1. The summed E-state index contributed by atoms with van der Waals surface area (Å²) in [5, 5.41) is 6.37. The number of aromatic nitrogens is 3. The quantitative estimate of drug-likeness (QED) is 0.0828. The van der Waals surface area contributed by atoms with Crippen molar-refractivity contribution < 1.29 is 26.7 Å². The minimum absolute atomic E-state index is 0.0151. The summed E-state index contributed by atoms with van der Waals surface area (Å²) in [5.41, 5.74) is 11.7. The van der Waals surface area contributed by atoms with Crippen LogP contribution in [0.25, 0.3) is 20.8 Å². The molecule has 1 amide bonds. The molecule has 0 fully saturated rings. The Bertz CT molecular complexity index is 2500. The average molecular weight is 823 g/mol. The number of fused-ring (bicyclic) bond motifs is 1. The summed E-state index contributed by atoms with van der Waals surface area (Å²) < 4.78 is 58.6. The van der Waals surface area contributed by atoms with Crippen LogP contribution in [0.15, 0.2) is 139 Å². The molecule has 5 N–H and O–H groups in total. The van der Waals surface area contributed by atoms with Crippen molar-refractivity contribution in [2.24, 2.45) is 0 Å². The normalized spacial score (nSPS) is 15.2. The number of carbonyl (C=O) groups excluding carboxylic acids is 1. The molecule has 6 aromatic rings. The molecular formula is C42H40F2N8O4S2.